The van der Waals surface area contributed by atoms with Gasteiger partial charge in [0.1, 0.15) is 23.2 Å². The zero-order valence-corrected chi connectivity index (χ0v) is 21.0. The van der Waals surface area contributed by atoms with Gasteiger partial charge in [0.05, 0.1) is 29.1 Å². The molecule has 0 radical (unpaired) electrons. The minimum Gasteiger partial charge on any atom is -0.383 e. The van der Waals surface area contributed by atoms with E-state index < -0.39 is 11.9 Å². The van der Waals surface area contributed by atoms with E-state index in [1.807, 2.05) is 25.2 Å². The Morgan fingerprint density at radius 3 is 2.69 bits per heavy atom. The molecular formula is C27H22N10O2. The van der Waals surface area contributed by atoms with Crippen LogP contribution in [0.2, 0.25) is 0 Å². The van der Waals surface area contributed by atoms with Crippen LogP contribution in [0.25, 0.3) is 16.9 Å². The molecule has 0 spiro atoms. The number of hydrogen-bond acceptors (Lipinski definition) is 7. The lowest BCUT2D eigenvalue weighted by Crippen LogP contribution is -2.35. The maximum absolute atomic E-state index is 14.0. The highest BCUT2D eigenvalue weighted by Crippen LogP contribution is 2.19. The first-order valence-electron chi connectivity index (χ1n) is 12.0. The molecule has 0 fully saturated rings. The summed E-state index contributed by atoms with van der Waals surface area (Å²) in [5.74, 6) is 5.97. The van der Waals surface area contributed by atoms with Crippen molar-refractivity contribution in [3.05, 3.63) is 107 Å². The Balaban J connectivity index is 1.46. The molecule has 0 aliphatic heterocycles. The molecule has 0 saturated heterocycles. The number of carbonyl (C=O) groups is 1. The Bertz CT molecular complexity index is 1990. The number of aryl methyl sites for hydroxylation is 1. The number of hydrogen-bond donors (Lipinski definition) is 2. The van der Waals surface area contributed by atoms with Gasteiger partial charge in [-0.3, -0.25) is 23.2 Å². The molecule has 192 valence electrons. The van der Waals surface area contributed by atoms with Crippen molar-refractivity contribution in [3.8, 4) is 17.5 Å². The Morgan fingerprint density at radius 2 is 1.92 bits per heavy atom. The second kappa shape index (κ2) is 9.31. The molecule has 12 heteroatoms. The van der Waals surface area contributed by atoms with Crippen LogP contribution in [0.1, 0.15) is 40.3 Å². The Labute approximate surface area is 221 Å². The van der Waals surface area contributed by atoms with Crippen LogP contribution in [-0.2, 0) is 7.05 Å². The molecule has 0 bridgehead atoms. The third kappa shape index (κ3) is 4.17. The topological polar surface area (TPSA) is 142 Å². The summed E-state index contributed by atoms with van der Waals surface area (Å²) < 4.78 is 6.23. The van der Waals surface area contributed by atoms with Gasteiger partial charge in [-0.2, -0.15) is 10.2 Å². The average Bonchev–Trinajstić information content (AvgIpc) is 3.67. The van der Waals surface area contributed by atoms with Crippen LogP contribution < -0.4 is 16.6 Å². The van der Waals surface area contributed by atoms with E-state index in [9.17, 15) is 9.59 Å². The van der Waals surface area contributed by atoms with Gasteiger partial charge in [-0.05, 0) is 25.1 Å². The van der Waals surface area contributed by atoms with Crippen molar-refractivity contribution in [2.24, 2.45) is 7.05 Å². The molecule has 5 heterocycles. The highest BCUT2D eigenvalue weighted by atomic mass is 16.2. The van der Waals surface area contributed by atoms with Crippen molar-refractivity contribution in [2.45, 2.75) is 13.0 Å². The van der Waals surface area contributed by atoms with Crippen LogP contribution >= 0.6 is 0 Å². The highest BCUT2D eigenvalue weighted by Gasteiger charge is 2.24. The van der Waals surface area contributed by atoms with E-state index in [1.54, 1.807) is 65.2 Å². The lowest BCUT2D eigenvalue weighted by Gasteiger charge is -2.19. The smallest absolute Gasteiger partial charge is 0.283 e. The molecule has 39 heavy (non-hydrogen) atoms. The van der Waals surface area contributed by atoms with E-state index in [0.29, 0.717) is 28.2 Å². The molecule has 3 N–H and O–H groups in total. The van der Waals surface area contributed by atoms with E-state index in [2.05, 4.69) is 32.2 Å². The number of aromatic nitrogens is 8. The molecule has 12 nitrogen and oxygen atoms in total. The Kier molecular flexibility index (Phi) is 5.65. The minimum absolute atomic E-state index is 0.0458. The summed E-state index contributed by atoms with van der Waals surface area (Å²) in [5, 5.41) is 11.8. The second-order valence-corrected chi connectivity index (χ2v) is 8.87. The standard InChI is InChI=1S/C27H22N10O2/c1-17(32-26(38)21-23(28)30-16-35-13-11-29-25(21)35)24-33-36-12-10-19(9-8-18-14-31-34(2)15-18)22(36)27(39)37(24)20-6-4-3-5-7-20/h3-7,10-17H,28H2,1-2H3,(H,32,38)/t17-/m0/s1. The molecule has 1 atom stereocenters. The Hall–Kier alpha value is -5.70. The number of rotatable bonds is 4. The lowest BCUT2D eigenvalue weighted by molar-refractivity contribution is 0.0939. The first-order chi connectivity index (χ1) is 18.9. The number of nitrogens with one attached hydrogen (secondary N) is 1. The van der Waals surface area contributed by atoms with Crippen molar-refractivity contribution in [1.29, 1.82) is 0 Å². The number of fused-ring (bicyclic) bond motifs is 2. The summed E-state index contributed by atoms with van der Waals surface area (Å²) in [6.45, 7) is 1.74. The van der Waals surface area contributed by atoms with Gasteiger partial charge in [-0.15, -0.1) is 0 Å². The lowest BCUT2D eigenvalue weighted by atomic mass is 10.2. The van der Waals surface area contributed by atoms with Crippen LogP contribution in [0.5, 0.6) is 0 Å². The minimum atomic E-state index is -0.697. The van der Waals surface area contributed by atoms with Gasteiger partial charge in [-0.1, -0.05) is 30.0 Å². The predicted molar refractivity (Wildman–Crippen MR) is 143 cm³/mol. The quantitative estimate of drug-likeness (QED) is 0.339. The van der Waals surface area contributed by atoms with Crippen LogP contribution in [0, 0.1) is 11.8 Å². The zero-order chi connectivity index (χ0) is 27.1. The average molecular weight is 519 g/mol. The van der Waals surface area contributed by atoms with E-state index >= 15 is 0 Å². The molecule has 1 amide bonds. The number of carbonyl (C=O) groups excluding carboxylic acids is 1. The fourth-order valence-electron chi connectivity index (χ4n) is 4.37. The molecular weight excluding hydrogens is 496 g/mol. The third-order valence-electron chi connectivity index (χ3n) is 6.20. The summed E-state index contributed by atoms with van der Waals surface area (Å²) in [7, 11) is 1.81. The molecule has 0 unspecified atom stereocenters. The van der Waals surface area contributed by atoms with Gasteiger partial charge in [0.25, 0.3) is 11.5 Å². The summed E-state index contributed by atoms with van der Waals surface area (Å²) >= 11 is 0. The maximum Gasteiger partial charge on any atom is 0.283 e. The molecule has 5 aromatic heterocycles. The van der Waals surface area contributed by atoms with Crippen molar-refractivity contribution in [1.82, 2.24) is 43.6 Å². The van der Waals surface area contributed by atoms with E-state index in [1.165, 1.54) is 15.4 Å². The number of nitrogens with zero attached hydrogens (tertiary/aromatic N) is 8. The summed E-state index contributed by atoms with van der Waals surface area (Å²) in [6.07, 6.45) is 9.83. The fraction of sp³-hybridized carbons (Fsp3) is 0.111. The van der Waals surface area contributed by atoms with Gasteiger partial charge in [0.2, 0.25) is 0 Å². The van der Waals surface area contributed by atoms with Crippen LogP contribution in [-0.4, -0.2) is 44.2 Å². The third-order valence-corrected chi connectivity index (χ3v) is 6.20. The number of amides is 1. The van der Waals surface area contributed by atoms with Crippen molar-refractivity contribution >= 4 is 22.9 Å². The monoisotopic (exact) mass is 518 g/mol. The number of nitrogens with two attached hydrogens (primary N) is 1. The van der Waals surface area contributed by atoms with Crippen LogP contribution in [0.3, 0.4) is 0 Å². The first-order valence-corrected chi connectivity index (χ1v) is 12.0. The predicted octanol–water partition coefficient (Wildman–Crippen LogP) is 1.73. The number of imidazole rings is 1. The maximum atomic E-state index is 14.0. The number of nitrogen functional groups attached to an aromatic ring is 1. The van der Waals surface area contributed by atoms with Crippen LogP contribution in [0.15, 0.2) is 78.5 Å². The number of benzene rings is 1. The summed E-state index contributed by atoms with van der Waals surface area (Å²) in [4.78, 5) is 35.6. The molecule has 0 aliphatic rings. The first kappa shape index (κ1) is 23.7. The van der Waals surface area contributed by atoms with Gasteiger partial charge in [-0.25, -0.2) is 14.5 Å². The van der Waals surface area contributed by atoms with E-state index in [-0.39, 0.29) is 16.9 Å². The van der Waals surface area contributed by atoms with Crippen molar-refractivity contribution in [3.63, 3.8) is 0 Å². The van der Waals surface area contributed by atoms with Gasteiger partial charge in [0, 0.05) is 31.8 Å². The summed E-state index contributed by atoms with van der Waals surface area (Å²) in [6, 6.07) is 10.1. The van der Waals surface area contributed by atoms with Gasteiger partial charge >= 0.3 is 0 Å². The Morgan fingerprint density at radius 1 is 1.10 bits per heavy atom. The molecule has 1 aromatic carbocycles. The van der Waals surface area contributed by atoms with Crippen molar-refractivity contribution in [2.75, 3.05) is 5.73 Å². The molecule has 0 aliphatic carbocycles. The summed E-state index contributed by atoms with van der Waals surface area (Å²) in [5.41, 5.74) is 8.37. The second-order valence-electron chi connectivity index (χ2n) is 8.87. The number of para-hydroxylation sites is 1. The molecule has 6 aromatic rings. The molecule has 0 saturated carbocycles. The SMILES string of the molecule is C[C@H](NC(=O)c1c(N)ncn2ccnc12)c1nn2ccc(C#Cc3cnn(C)c3)c2c(=O)n1-c1ccccc1. The largest absolute Gasteiger partial charge is 0.383 e. The van der Waals surface area contributed by atoms with E-state index in [4.69, 9.17) is 10.8 Å². The van der Waals surface area contributed by atoms with Gasteiger partial charge < -0.3 is 11.1 Å². The number of anilines is 1. The normalized spacial score (nSPS) is 11.8. The van der Waals surface area contributed by atoms with Gasteiger partial charge in [0.15, 0.2) is 11.5 Å². The van der Waals surface area contributed by atoms with Crippen molar-refractivity contribution < 1.29 is 4.79 Å². The fourth-order valence-corrected chi connectivity index (χ4v) is 4.37. The molecule has 6 rings (SSSR count). The highest BCUT2D eigenvalue weighted by molar-refractivity contribution is 6.04. The zero-order valence-electron chi connectivity index (χ0n) is 21.0. The van der Waals surface area contributed by atoms with Crippen LogP contribution in [0.4, 0.5) is 5.82 Å². The van der Waals surface area contributed by atoms with E-state index in [0.717, 1.165) is 5.56 Å².